The summed E-state index contributed by atoms with van der Waals surface area (Å²) in [5.41, 5.74) is 1.20. The van der Waals surface area contributed by atoms with E-state index in [2.05, 4.69) is 54.6 Å². The molecule has 1 aliphatic heterocycles. The fourth-order valence-corrected chi connectivity index (χ4v) is 3.44. The van der Waals surface area contributed by atoms with E-state index in [4.69, 9.17) is 0 Å². The van der Waals surface area contributed by atoms with Crippen LogP contribution >= 0.6 is 11.8 Å². The van der Waals surface area contributed by atoms with Crippen LogP contribution in [0.3, 0.4) is 0 Å². The van der Waals surface area contributed by atoms with E-state index in [0.29, 0.717) is 12.0 Å². The van der Waals surface area contributed by atoms with Crippen LogP contribution in [0.15, 0.2) is 29.2 Å². The molecule has 1 heterocycles. The summed E-state index contributed by atoms with van der Waals surface area (Å²) in [5, 5.41) is 3.51. The number of amides is 1. The van der Waals surface area contributed by atoms with Crippen molar-refractivity contribution in [3.05, 3.63) is 29.8 Å². The van der Waals surface area contributed by atoms with Gasteiger partial charge in [-0.3, -0.25) is 10.1 Å². The first-order valence-corrected chi connectivity index (χ1v) is 8.60. The number of benzene rings is 1. The second-order valence-corrected chi connectivity index (χ2v) is 6.71. The Labute approximate surface area is 125 Å². The highest BCUT2D eigenvalue weighted by Gasteiger charge is 2.49. The minimum atomic E-state index is -0.0203. The highest BCUT2D eigenvalue weighted by atomic mass is 32.2. The summed E-state index contributed by atoms with van der Waals surface area (Å²) in [6, 6.07) is 8.98. The maximum absolute atomic E-state index is 12.5. The Morgan fingerprint density at radius 2 is 2.00 bits per heavy atom. The van der Waals surface area contributed by atoms with Crippen LogP contribution < -0.4 is 5.32 Å². The second-order valence-electron chi connectivity index (χ2n) is 5.83. The molecule has 0 bridgehead atoms. The molecule has 1 saturated carbocycles. The Morgan fingerprint density at radius 3 is 2.50 bits per heavy atom. The number of nitrogens with zero attached hydrogens (tertiary/aromatic N) is 1. The number of carbonyl (C=O) groups is 1. The molecule has 20 heavy (non-hydrogen) atoms. The molecule has 3 nitrogen and oxygen atoms in total. The maximum Gasteiger partial charge on any atom is 0.241 e. The van der Waals surface area contributed by atoms with Crippen LogP contribution in [0.25, 0.3) is 0 Å². The average molecular weight is 290 g/mol. The molecule has 1 aromatic rings. The van der Waals surface area contributed by atoms with E-state index in [1.54, 1.807) is 11.8 Å². The van der Waals surface area contributed by atoms with Gasteiger partial charge in [0.05, 0.1) is 6.04 Å². The van der Waals surface area contributed by atoms with Crippen LogP contribution in [0, 0.1) is 5.92 Å². The Kier molecular flexibility index (Phi) is 3.78. The zero-order valence-electron chi connectivity index (χ0n) is 12.3. The molecule has 3 rings (SSSR count). The minimum absolute atomic E-state index is 0.0203. The molecule has 108 valence electrons. The summed E-state index contributed by atoms with van der Waals surface area (Å²) in [6.45, 7) is 4.30. The quantitative estimate of drug-likeness (QED) is 0.865. The van der Waals surface area contributed by atoms with Gasteiger partial charge in [-0.25, -0.2) is 0 Å². The zero-order chi connectivity index (χ0) is 14.3. The van der Waals surface area contributed by atoms with Crippen molar-refractivity contribution in [1.29, 1.82) is 0 Å². The molecule has 4 unspecified atom stereocenters. The molecule has 1 aromatic carbocycles. The van der Waals surface area contributed by atoms with E-state index >= 15 is 0 Å². The highest BCUT2D eigenvalue weighted by molar-refractivity contribution is 7.98. The Balaban J connectivity index is 1.87. The average Bonchev–Trinajstić information content (AvgIpc) is 3.09. The molecule has 0 radical (unpaired) electrons. The molecular formula is C16H22N2OS. The molecule has 0 spiro atoms. The van der Waals surface area contributed by atoms with Gasteiger partial charge >= 0.3 is 0 Å². The number of hydrogen-bond donors (Lipinski definition) is 1. The number of nitrogens with one attached hydrogen (secondary N) is 1. The van der Waals surface area contributed by atoms with Crippen molar-refractivity contribution in [2.45, 2.75) is 49.8 Å². The van der Waals surface area contributed by atoms with Crippen LogP contribution in [0.4, 0.5) is 0 Å². The second kappa shape index (κ2) is 5.41. The maximum atomic E-state index is 12.5. The highest BCUT2D eigenvalue weighted by Crippen LogP contribution is 2.42. The van der Waals surface area contributed by atoms with Gasteiger partial charge in [-0.2, -0.15) is 0 Å². The van der Waals surface area contributed by atoms with Crippen LogP contribution in [-0.2, 0) is 4.79 Å². The lowest BCUT2D eigenvalue weighted by molar-refractivity contribution is -0.130. The minimum Gasteiger partial charge on any atom is -0.318 e. The molecule has 1 saturated heterocycles. The topological polar surface area (TPSA) is 32.3 Å². The molecule has 0 aromatic heterocycles. The van der Waals surface area contributed by atoms with Gasteiger partial charge in [0.1, 0.15) is 6.17 Å². The summed E-state index contributed by atoms with van der Waals surface area (Å²) in [4.78, 5) is 15.9. The predicted molar refractivity (Wildman–Crippen MR) is 82.6 cm³/mol. The molecule has 1 aliphatic carbocycles. The zero-order valence-corrected chi connectivity index (χ0v) is 13.1. The first kappa shape index (κ1) is 14.0. The standard InChI is InChI=1S/C16H22N2OS/c1-4-13-16(19)18(14-9-10(14)2)15(17-13)11-5-7-12(20-3)8-6-11/h5-8,10,13-15,17H,4,9H2,1-3H3. The van der Waals surface area contributed by atoms with E-state index in [1.165, 1.54) is 10.5 Å². The summed E-state index contributed by atoms with van der Waals surface area (Å²) in [5.74, 6) is 0.921. The van der Waals surface area contributed by atoms with Crippen molar-refractivity contribution in [2.24, 2.45) is 5.92 Å². The smallest absolute Gasteiger partial charge is 0.241 e. The van der Waals surface area contributed by atoms with Gasteiger partial charge in [0.25, 0.3) is 0 Å². The van der Waals surface area contributed by atoms with E-state index in [9.17, 15) is 4.79 Å². The van der Waals surface area contributed by atoms with Crippen LogP contribution in [-0.4, -0.2) is 29.1 Å². The monoisotopic (exact) mass is 290 g/mol. The van der Waals surface area contributed by atoms with Crippen LogP contribution in [0.1, 0.15) is 38.4 Å². The van der Waals surface area contributed by atoms with Gasteiger partial charge in [0.2, 0.25) is 5.91 Å². The van der Waals surface area contributed by atoms with Crippen molar-refractivity contribution in [2.75, 3.05) is 6.26 Å². The Morgan fingerprint density at radius 1 is 1.35 bits per heavy atom. The van der Waals surface area contributed by atoms with Gasteiger partial charge < -0.3 is 4.90 Å². The lowest BCUT2D eigenvalue weighted by Gasteiger charge is -2.25. The van der Waals surface area contributed by atoms with Crippen molar-refractivity contribution in [3.63, 3.8) is 0 Å². The van der Waals surface area contributed by atoms with Crippen molar-refractivity contribution >= 4 is 17.7 Å². The molecule has 2 fully saturated rings. The first-order valence-electron chi connectivity index (χ1n) is 7.38. The van der Waals surface area contributed by atoms with Gasteiger partial charge in [0, 0.05) is 10.9 Å². The third-order valence-corrected chi connectivity index (χ3v) is 5.20. The van der Waals surface area contributed by atoms with Gasteiger partial charge in [-0.15, -0.1) is 11.8 Å². The van der Waals surface area contributed by atoms with Crippen LogP contribution in [0.5, 0.6) is 0 Å². The van der Waals surface area contributed by atoms with E-state index in [1.807, 2.05) is 0 Å². The van der Waals surface area contributed by atoms with Crippen molar-refractivity contribution < 1.29 is 4.79 Å². The van der Waals surface area contributed by atoms with E-state index < -0.39 is 0 Å². The molecule has 1 amide bonds. The molecule has 4 heteroatoms. The summed E-state index contributed by atoms with van der Waals surface area (Å²) < 4.78 is 0. The largest absolute Gasteiger partial charge is 0.318 e. The third-order valence-electron chi connectivity index (χ3n) is 4.45. The number of hydrogen-bond acceptors (Lipinski definition) is 3. The van der Waals surface area contributed by atoms with Gasteiger partial charge in [-0.1, -0.05) is 26.0 Å². The SMILES string of the molecule is CCC1NC(c2ccc(SC)cc2)N(C2CC2C)C1=O. The summed E-state index contributed by atoms with van der Waals surface area (Å²) in [7, 11) is 0. The molecule has 2 aliphatic rings. The normalized spacial score (nSPS) is 32.8. The fourth-order valence-electron chi connectivity index (χ4n) is 3.03. The first-order chi connectivity index (χ1) is 9.65. The van der Waals surface area contributed by atoms with Gasteiger partial charge in [0.15, 0.2) is 0 Å². The Bertz CT molecular complexity index is 502. The van der Waals surface area contributed by atoms with E-state index in [-0.39, 0.29) is 18.1 Å². The molecule has 4 atom stereocenters. The predicted octanol–water partition coefficient (Wildman–Crippen LogP) is 3.03. The van der Waals surface area contributed by atoms with Crippen LogP contribution in [0.2, 0.25) is 0 Å². The summed E-state index contributed by atoms with van der Waals surface area (Å²) in [6.07, 6.45) is 4.13. The van der Waals surface area contributed by atoms with Crippen molar-refractivity contribution in [3.8, 4) is 0 Å². The number of carbonyl (C=O) groups excluding carboxylic acids is 1. The van der Waals surface area contributed by atoms with Gasteiger partial charge in [-0.05, 0) is 42.7 Å². The number of thioether (sulfide) groups is 1. The summed E-state index contributed by atoms with van der Waals surface area (Å²) >= 11 is 1.74. The van der Waals surface area contributed by atoms with Crippen molar-refractivity contribution in [1.82, 2.24) is 10.2 Å². The molecular weight excluding hydrogens is 268 g/mol. The third kappa shape index (κ3) is 2.35. The Hall–Kier alpha value is -1.00. The van der Waals surface area contributed by atoms with E-state index in [0.717, 1.165) is 12.8 Å². The molecule has 1 N–H and O–H groups in total. The lowest BCUT2D eigenvalue weighted by Crippen LogP contribution is -2.33. The fraction of sp³-hybridized carbons (Fsp3) is 0.562. The lowest BCUT2D eigenvalue weighted by atomic mass is 10.1. The number of rotatable bonds is 4.